The van der Waals surface area contributed by atoms with Crippen molar-refractivity contribution in [2.24, 2.45) is 0 Å². The summed E-state index contributed by atoms with van der Waals surface area (Å²) < 4.78 is 0. The molecule has 0 saturated carbocycles. The van der Waals surface area contributed by atoms with Crippen molar-refractivity contribution in [1.29, 1.82) is 0 Å². The molecule has 0 aromatic rings. The largest absolute Gasteiger partial charge is 0.103 e. The minimum Gasteiger partial charge on any atom is -0.103 e. The summed E-state index contributed by atoms with van der Waals surface area (Å²) in [6.45, 7) is 9.34. The lowest BCUT2D eigenvalue weighted by molar-refractivity contribution is 1.31. The summed E-state index contributed by atoms with van der Waals surface area (Å²) in [7, 11) is 0. The third kappa shape index (κ3) is 3.41. The highest BCUT2D eigenvalue weighted by Crippen LogP contribution is 1.98. The van der Waals surface area contributed by atoms with Crippen molar-refractivity contribution < 1.29 is 0 Å². The molecule has 44 valence electrons. The second-order valence-corrected chi connectivity index (χ2v) is 1.65. The predicted molar refractivity (Wildman–Crippen MR) is 38.8 cm³/mol. The molecule has 0 bridgehead atoms. The molecule has 0 rings (SSSR count). The quantitative estimate of drug-likeness (QED) is 0.385. The van der Waals surface area contributed by atoms with Crippen LogP contribution in [0.4, 0.5) is 0 Å². The lowest BCUT2D eigenvalue weighted by Crippen LogP contribution is -1.67. The van der Waals surface area contributed by atoms with Gasteiger partial charge in [0.25, 0.3) is 0 Å². The topological polar surface area (TPSA) is 0 Å². The van der Waals surface area contributed by atoms with Crippen molar-refractivity contribution in [2.45, 2.75) is 13.3 Å². The zero-order chi connectivity index (χ0) is 6.41. The van der Waals surface area contributed by atoms with Crippen molar-refractivity contribution in [2.75, 3.05) is 0 Å². The highest BCUT2D eigenvalue weighted by molar-refractivity contribution is 5.15. The van der Waals surface area contributed by atoms with E-state index >= 15 is 0 Å². The van der Waals surface area contributed by atoms with Crippen LogP contribution in [0.3, 0.4) is 0 Å². The summed E-state index contributed by atoms with van der Waals surface area (Å²) in [5.41, 5.74) is 1.11. The van der Waals surface area contributed by atoms with Crippen LogP contribution in [0.1, 0.15) is 13.3 Å². The van der Waals surface area contributed by atoms with Crippen LogP contribution in [0.5, 0.6) is 0 Å². The molecule has 0 spiro atoms. The molecule has 0 saturated heterocycles. The van der Waals surface area contributed by atoms with Gasteiger partial charge in [-0.25, -0.2) is 0 Å². The lowest BCUT2D eigenvalue weighted by atomic mass is 10.2. The van der Waals surface area contributed by atoms with E-state index in [0.29, 0.717) is 0 Å². The van der Waals surface area contributed by atoms with Gasteiger partial charge in [0.15, 0.2) is 0 Å². The van der Waals surface area contributed by atoms with E-state index in [9.17, 15) is 0 Å². The maximum Gasteiger partial charge on any atom is -0.0106 e. The molecule has 0 aliphatic rings. The molecule has 0 heteroatoms. The monoisotopic (exact) mass is 108 g/mol. The SMILES string of the molecule is C=CCC(=C)/C=C/C. The van der Waals surface area contributed by atoms with Crippen molar-refractivity contribution >= 4 is 0 Å². The first-order chi connectivity index (χ1) is 3.81. The van der Waals surface area contributed by atoms with E-state index in [1.54, 1.807) is 0 Å². The van der Waals surface area contributed by atoms with E-state index in [1.807, 2.05) is 25.2 Å². The number of hydrogen-bond donors (Lipinski definition) is 0. The van der Waals surface area contributed by atoms with Crippen LogP contribution in [0.25, 0.3) is 0 Å². The normalized spacial score (nSPS) is 9.62. The van der Waals surface area contributed by atoms with Crippen LogP contribution < -0.4 is 0 Å². The van der Waals surface area contributed by atoms with Crippen molar-refractivity contribution in [3.63, 3.8) is 0 Å². The Kier molecular flexibility index (Phi) is 3.95. The fourth-order valence-corrected chi connectivity index (χ4v) is 0.489. The first-order valence-electron chi connectivity index (χ1n) is 2.72. The van der Waals surface area contributed by atoms with Crippen LogP contribution in [0.15, 0.2) is 37.0 Å². The third-order valence-corrected chi connectivity index (χ3v) is 0.809. The van der Waals surface area contributed by atoms with Gasteiger partial charge >= 0.3 is 0 Å². The van der Waals surface area contributed by atoms with Crippen LogP contribution in [-0.4, -0.2) is 0 Å². The standard InChI is InChI=1S/C8H12/c1-4-6-8(3)7-5-2/h4-5,7H,1,3,6H2,2H3/b7-5+. The molecule has 0 fully saturated rings. The Bertz CT molecular complexity index is 107. The van der Waals surface area contributed by atoms with E-state index in [0.717, 1.165) is 12.0 Å². The highest BCUT2D eigenvalue weighted by atomic mass is 13.8. The van der Waals surface area contributed by atoms with Gasteiger partial charge in [-0.3, -0.25) is 0 Å². The molecule has 0 N–H and O–H groups in total. The average Bonchev–Trinajstić information content (AvgIpc) is 1.68. The minimum absolute atomic E-state index is 0.893. The Morgan fingerprint density at radius 3 is 2.62 bits per heavy atom. The first-order valence-corrected chi connectivity index (χ1v) is 2.72. The molecular formula is C8H12. The first kappa shape index (κ1) is 7.22. The molecule has 0 aliphatic carbocycles. The summed E-state index contributed by atoms with van der Waals surface area (Å²) >= 11 is 0. The second-order valence-electron chi connectivity index (χ2n) is 1.65. The van der Waals surface area contributed by atoms with Gasteiger partial charge in [0, 0.05) is 0 Å². The van der Waals surface area contributed by atoms with E-state index < -0.39 is 0 Å². The van der Waals surface area contributed by atoms with Crippen LogP contribution in [0, 0.1) is 0 Å². The Morgan fingerprint density at radius 2 is 2.25 bits per heavy atom. The minimum atomic E-state index is 0.893. The molecule has 0 radical (unpaired) electrons. The van der Waals surface area contributed by atoms with Crippen LogP contribution in [-0.2, 0) is 0 Å². The number of hydrogen-bond acceptors (Lipinski definition) is 0. The van der Waals surface area contributed by atoms with Gasteiger partial charge in [0.05, 0.1) is 0 Å². The van der Waals surface area contributed by atoms with Gasteiger partial charge in [-0.15, -0.1) is 6.58 Å². The predicted octanol–water partition coefficient (Wildman–Crippen LogP) is 2.69. The van der Waals surface area contributed by atoms with Crippen molar-refractivity contribution in [3.05, 3.63) is 37.0 Å². The van der Waals surface area contributed by atoms with Crippen LogP contribution >= 0.6 is 0 Å². The van der Waals surface area contributed by atoms with Gasteiger partial charge in [-0.05, 0) is 13.3 Å². The molecule has 0 heterocycles. The Hall–Kier alpha value is -0.780. The third-order valence-electron chi connectivity index (χ3n) is 0.809. The summed E-state index contributed by atoms with van der Waals surface area (Å²) in [5.74, 6) is 0. The Labute approximate surface area is 51.2 Å². The van der Waals surface area contributed by atoms with E-state index in [-0.39, 0.29) is 0 Å². The van der Waals surface area contributed by atoms with Gasteiger partial charge < -0.3 is 0 Å². The fraction of sp³-hybridized carbons (Fsp3) is 0.250. The van der Waals surface area contributed by atoms with Gasteiger partial charge in [-0.1, -0.05) is 30.4 Å². The molecule has 0 aliphatic heterocycles. The molecule has 0 aromatic carbocycles. The maximum absolute atomic E-state index is 3.78. The lowest BCUT2D eigenvalue weighted by Gasteiger charge is -1.87. The van der Waals surface area contributed by atoms with E-state index in [1.165, 1.54) is 0 Å². The molecule has 0 amide bonds. The fourth-order valence-electron chi connectivity index (χ4n) is 0.489. The van der Waals surface area contributed by atoms with E-state index in [2.05, 4.69) is 13.2 Å². The molecule has 0 nitrogen and oxygen atoms in total. The Morgan fingerprint density at radius 1 is 1.62 bits per heavy atom. The zero-order valence-corrected chi connectivity index (χ0v) is 5.35. The van der Waals surface area contributed by atoms with Gasteiger partial charge in [0.2, 0.25) is 0 Å². The second kappa shape index (κ2) is 4.38. The zero-order valence-electron chi connectivity index (χ0n) is 5.35. The average molecular weight is 108 g/mol. The Balaban J connectivity index is 3.48. The van der Waals surface area contributed by atoms with Crippen molar-refractivity contribution in [3.8, 4) is 0 Å². The summed E-state index contributed by atoms with van der Waals surface area (Å²) in [6.07, 6.45) is 6.71. The van der Waals surface area contributed by atoms with Gasteiger partial charge in [-0.2, -0.15) is 0 Å². The van der Waals surface area contributed by atoms with Gasteiger partial charge in [0.1, 0.15) is 0 Å². The molecule has 8 heavy (non-hydrogen) atoms. The maximum atomic E-state index is 3.78. The summed E-state index contributed by atoms with van der Waals surface area (Å²) in [4.78, 5) is 0. The van der Waals surface area contributed by atoms with Crippen LogP contribution in [0.2, 0.25) is 0 Å². The molecule has 0 atom stereocenters. The molecule has 0 aromatic heterocycles. The summed E-state index contributed by atoms with van der Waals surface area (Å²) in [5, 5.41) is 0. The molecular weight excluding hydrogens is 96.1 g/mol. The smallest absolute Gasteiger partial charge is 0.0106 e. The van der Waals surface area contributed by atoms with E-state index in [4.69, 9.17) is 0 Å². The number of allylic oxidation sites excluding steroid dienone is 4. The summed E-state index contributed by atoms with van der Waals surface area (Å²) in [6, 6.07) is 0. The van der Waals surface area contributed by atoms with Crippen molar-refractivity contribution in [1.82, 2.24) is 0 Å². The molecule has 0 unspecified atom stereocenters. The highest BCUT2D eigenvalue weighted by Gasteiger charge is 1.77. The number of rotatable bonds is 3.